The summed E-state index contributed by atoms with van der Waals surface area (Å²) in [6.45, 7) is 0. The Morgan fingerprint density at radius 1 is 1.11 bits per heavy atom. The molecular weight excluding hydrogens is 393 g/mol. The Bertz CT molecular complexity index is 1010. The largest absolute Gasteiger partial charge is 0.416 e. The molecule has 1 aromatic heterocycles. The van der Waals surface area contributed by atoms with Crippen molar-refractivity contribution >= 4 is 21.5 Å². The van der Waals surface area contributed by atoms with Crippen LogP contribution in [0.5, 0.6) is 5.88 Å². The van der Waals surface area contributed by atoms with Gasteiger partial charge >= 0.3 is 16.3 Å². The third-order valence-electron chi connectivity index (χ3n) is 5.36. The van der Waals surface area contributed by atoms with Crippen LogP contribution in [0.15, 0.2) is 30.5 Å². The van der Waals surface area contributed by atoms with Crippen LogP contribution in [-0.2, 0) is 16.3 Å². The van der Waals surface area contributed by atoms with Crippen LogP contribution in [0.25, 0.3) is 0 Å². The number of hydrogen-bond acceptors (Lipinski definition) is 5. The topological polar surface area (TPSA) is 68.3 Å². The predicted molar refractivity (Wildman–Crippen MR) is 98.4 cm³/mol. The van der Waals surface area contributed by atoms with Crippen molar-refractivity contribution in [2.75, 3.05) is 11.6 Å². The Balaban J connectivity index is 1.76. The van der Waals surface area contributed by atoms with Gasteiger partial charge in [0.2, 0.25) is 5.88 Å². The zero-order valence-electron chi connectivity index (χ0n) is 15.1. The van der Waals surface area contributed by atoms with Crippen LogP contribution in [-0.4, -0.2) is 19.7 Å². The average molecular weight is 412 g/mol. The molecule has 0 spiro atoms. The fourth-order valence-electron chi connectivity index (χ4n) is 4.27. The lowest BCUT2D eigenvalue weighted by Gasteiger charge is -2.39. The summed E-state index contributed by atoms with van der Waals surface area (Å²) in [6, 6.07) is 4.97. The van der Waals surface area contributed by atoms with Gasteiger partial charge in [-0.05, 0) is 61.3 Å². The normalized spacial score (nSPS) is 21.3. The second-order valence-electron chi connectivity index (χ2n) is 7.34. The summed E-state index contributed by atoms with van der Waals surface area (Å²) in [4.78, 5) is 4.18. The molecule has 3 aliphatic rings. The number of rotatable bonds is 4. The molecule has 5 rings (SSSR count). The van der Waals surface area contributed by atoms with Crippen LogP contribution in [0.4, 0.5) is 24.5 Å². The number of nitrogens with one attached hydrogen (secondary N) is 1. The second-order valence-corrected chi connectivity index (χ2v) is 8.92. The summed E-state index contributed by atoms with van der Waals surface area (Å²) in [7, 11) is -3.73. The summed E-state index contributed by atoms with van der Waals surface area (Å²) in [5.74, 6) is 0.437. The Hall–Kier alpha value is -2.29. The van der Waals surface area contributed by atoms with Crippen LogP contribution in [0.1, 0.15) is 54.2 Å². The standard InChI is InChI=1S/C19H19F3N2O3S/c1-28(25,26)27-18-17-12-7-5-11(6-8-12)16(17)15(10-23-18)24-14-4-2-3-13(9-14)19(20,21)22/h2-4,9-12,24H,5-8H2,1H3. The van der Waals surface area contributed by atoms with Crippen LogP contribution in [0, 0.1) is 0 Å². The number of halogens is 3. The third kappa shape index (κ3) is 3.67. The number of aromatic nitrogens is 1. The first-order valence-electron chi connectivity index (χ1n) is 8.98. The molecule has 0 aliphatic heterocycles. The smallest absolute Gasteiger partial charge is 0.361 e. The van der Waals surface area contributed by atoms with Gasteiger partial charge in [-0.15, -0.1) is 0 Å². The van der Waals surface area contributed by atoms with Crippen molar-refractivity contribution in [1.82, 2.24) is 4.98 Å². The molecule has 0 radical (unpaired) electrons. The molecule has 1 aromatic carbocycles. The maximum atomic E-state index is 13.0. The number of alkyl halides is 3. The van der Waals surface area contributed by atoms with Gasteiger partial charge in [-0.2, -0.15) is 21.6 Å². The number of hydrogen-bond donors (Lipinski definition) is 1. The van der Waals surface area contributed by atoms with Crippen molar-refractivity contribution in [3.8, 4) is 5.88 Å². The van der Waals surface area contributed by atoms with Gasteiger partial charge in [0.25, 0.3) is 0 Å². The summed E-state index contributed by atoms with van der Waals surface area (Å²) >= 11 is 0. The SMILES string of the molecule is CS(=O)(=O)Oc1ncc(Nc2cccc(C(F)(F)F)c2)c2c1C1CCC2CC1. The van der Waals surface area contributed by atoms with Gasteiger partial charge in [-0.25, -0.2) is 4.98 Å². The van der Waals surface area contributed by atoms with E-state index in [0.717, 1.165) is 55.2 Å². The summed E-state index contributed by atoms with van der Waals surface area (Å²) < 4.78 is 67.3. The zero-order valence-corrected chi connectivity index (χ0v) is 15.9. The van der Waals surface area contributed by atoms with Crippen molar-refractivity contribution in [3.05, 3.63) is 47.2 Å². The van der Waals surface area contributed by atoms with E-state index >= 15 is 0 Å². The highest BCUT2D eigenvalue weighted by molar-refractivity contribution is 7.86. The van der Waals surface area contributed by atoms with Gasteiger partial charge in [0, 0.05) is 11.3 Å². The minimum Gasteiger partial charge on any atom is -0.361 e. The molecule has 28 heavy (non-hydrogen) atoms. The van der Waals surface area contributed by atoms with Gasteiger partial charge in [-0.1, -0.05) is 6.07 Å². The minimum absolute atomic E-state index is 0.0847. The maximum Gasteiger partial charge on any atom is 0.416 e. The molecule has 2 bridgehead atoms. The second kappa shape index (κ2) is 6.65. The number of anilines is 2. The maximum absolute atomic E-state index is 13.0. The molecular formula is C19H19F3N2O3S. The molecule has 1 N–H and O–H groups in total. The Kier molecular flexibility index (Phi) is 4.52. The van der Waals surface area contributed by atoms with E-state index in [1.165, 1.54) is 12.3 Å². The van der Waals surface area contributed by atoms with E-state index in [4.69, 9.17) is 4.18 Å². The van der Waals surface area contributed by atoms with Crippen molar-refractivity contribution in [2.45, 2.75) is 43.7 Å². The Labute approximate surface area is 161 Å². The highest BCUT2D eigenvalue weighted by atomic mass is 32.2. The number of fused-ring (bicyclic) bond motifs is 2. The quantitative estimate of drug-likeness (QED) is 0.721. The van der Waals surface area contributed by atoms with Crippen LogP contribution in [0.3, 0.4) is 0 Å². The zero-order chi connectivity index (χ0) is 20.1. The Morgan fingerprint density at radius 3 is 2.36 bits per heavy atom. The van der Waals surface area contributed by atoms with Crippen molar-refractivity contribution in [1.29, 1.82) is 0 Å². The van der Waals surface area contributed by atoms with Gasteiger partial charge in [0.05, 0.1) is 23.7 Å². The van der Waals surface area contributed by atoms with E-state index in [9.17, 15) is 21.6 Å². The average Bonchev–Trinajstić information content (AvgIpc) is 2.63. The van der Waals surface area contributed by atoms with Crippen LogP contribution in [0.2, 0.25) is 0 Å². The first-order valence-corrected chi connectivity index (χ1v) is 10.8. The van der Waals surface area contributed by atoms with Crippen molar-refractivity contribution < 1.29 is 25.8 Å². The lowest BCUT2D eigenvalue weighted by atomic mass is 9.67. The van der Waals surface area contributed by atoms with Crippen LogP contribution < -0.4 is 9.50 Å². The first-order chi connectivity index (χ1) is 13.1. The highest BCUT2D eigenvalue weighted by Gasteiger charge is 2.38. The van der Waals surface area contributed by atoms with Crippen molar-refractivity contribution in [2.24, 2.45) is 0 Å². The monoisotopic (exact) mass is 412 g/mol. The number of benzene rings is 1. The summed E-state index contributed by atoms with van der Waals surface area (Å²) in [5, 5.41) is 3.05. The molecule has 9 heteroatoms. The van der Waals surface area contributed by atoms with Gasteiger partial charge < -0.3 is 9.50 Å². The third-order valence-corrected chi connectivity index (χ3v) is 5.83. The fraction of sp³-hybridized carbons (Fsp3) is 0.421. The Morgan fingerprint density at radius 2 is 1.75 bits per heavy atom. The molecule has 1 heterocycles. The predicted octanol–water partition coefficient (Wildman–Crippen LogP) is 4.94. The lowest BCUT2D eigenvalue weighted by Crippen LogP contribution is -2.25. The van der Waals surface area contributed by atoms with Crippen molar-refractivity contribution in [3.63, 3.8) is 0 Å². The molecule has 0 atom stereocenters. The van der Waals surface area contributed by atoms with E-state index in [1.54, 1.807) is 6.07 Å². The van der Waals surface area contributed by atoms with Gasteiger partial charge in [-0.3, -0.25) is 0 Å². The molecule has 1 fully saturated rings. The summed E-state index contributed by atoms with van der Waals surface area (Å²) in [5.41, 5.74) is 1.85. The summed E-state index contributed by atoms with van der Waals surface area (Å²) in [6.07, 6.45) is 1.74. The number of nitrogens with zero attached hydrogens (tertiary/aromatic N) is 1. The molecule has 150 valence electrons. The van der Waals surface area contributed by atoms with Crippen LogP contribution >= 0.6 is 0 Å². The molecule has 1 saturated carbocycles. The van der Waals surface area contributed by atoms with E-state index in [-0.39, 0.29) is 17.7 Å². The fourth-order valence-corrected chi connectivity index (χ4v) is 4.69. The first kappa shape index (κ1) is 19.0. The molecule has 0 saturated heterocycles. The highest BCUT2D eigenvalue weighted by Crippen LogP contribution is 2.54. The van der Waals surface area contributed by atoms with Gasteiger partial charge in [0.15, 0.2) is 0 Å². The van der Waals surface area contributed by atoms with Gasteiger partial charge in [0.1, 0.15) is 0 Å². The molecule has 0 amide bonds. The lowest BCUT2D eigenvalue weighted by molar-refractivity contribution is -0.137. The van der Waals surface area contributed by atoms with E-state index in [2.05, 4.69) is 10.3 Å². The molecule has 5 nitrogen and oxygen atoms in total. The van der Waals surface area contributed by atoms with E-state index in [0.29, 0.717) is 11.4 Å². The number of pyridine rings is 1. The molecule has 0 unspecified atom stereocenters. The molecule has 2 aromatic rings. The van der Waals surface area contributed by atoms with E-state index in [1.807, 2.05) is 0 Å². The minimum atomic E-state index is -4.43. The molecule has 3 aliphatic carbocycles. The van der Waals surface area contributed by atoms with E-state index < -0.39 is 21.9 Å².